The number of carboxylic acids is 1. The van der Waals surface area contributed by atoms with Crippen molar-refractivity contribution in [1.82, 2.24) is 0 Å². The van der Waals surface area contributed by atoms with E-state index in [2.05, 4.69) is 20.7 Å². The molecular formula is C12H13BrF2O3. The lowest BCUT2D eigenvalue weighted by molar-refractivity contribution is -0.136. The van der Waals surface area contributed by atoms with Gasteiger partial charge in [0.2, 0.25) is 0 Å². The molecule has 0 fully saturated rings. The van der Waals surface area contributed by atoms with Crippen LogP contribution in [-0.2, 0) is 17.6 Å². The van der Waals surface area contributed by atoms with Crippen LogP contribution in [0.5, 0.6) is 5.75 Å². The lowest BCUT2D eigenvalue weighted by atomic mass is 9.99. The standard InChI is InChI=1S/C12H13BrF2O3/c13-6-2-4-9-8(7-11(16)17)3-1-5-10(9)18-12(14)15/h1,3,5,12H,2,4,6-7H2,(H,16,17). The molecule has 1 N–H and O–H groups in total. The molecule has 0 aliphatic heterocycles. The van der Waals surface area contributed by atoms with Gasteiger partial charge in [-0.2, -0.15) is 8.78 Å². The number of ether oxygens (including phenoxy) is 1. The van der Waals surface area contributed by atoms with E-state index in [1.165, 1.54) is 12.1 Å². The molecule has 100 valence electrons. The van der Waals surface area contributed by atoms with Gasteiger partial charge in [0.1, 0.15) is 5.75 Å². The first-order valence-corrected chi connectivity index (χ1v) is 6.50. The maximum atomic E-state index is 12.3. The Labute approximate surface area is 112 Å². The van der Waals surface area contributed by atoms with Gasteiger partial charge >= 0.3 is 12.6 Å². The molecule has 0 saturated heterocycles. The molecule has 0 aliphatic carbocycles. The van der Waals surface area contributed by atoms with Crippen LogP contribution in [0.1, 0.15) is 17.5 Å². The van der Waals surface area contributed by atoms with Crippen molar-refractivity contribution in [2.45, 2.75) is 25.9 Å². The van der Waals surface area contributed by atoms with Crippen molar-refractivity contribution in [3.63, 3.8) is 0 Å². The predicted octanol–water partition coefficient (Wildman–Crippen LogP) is 3.24. The number of benzene rings is 1. The summed E-state index contributed by atoms with van der Waals surface area (Å²) in [6.45, 7) is -2.91. The van der Waals surface area contributed by atoms with Gasteiger partial charge in [-0.3, -0.25) is 4.79 Å². The van der Waals surface area contributed by atoms with Gasteiger partial charge in [-0.25, -0.2) is 0 Å². The van der Waals surface area contributed by atoms with Gasteiger partial charge in [-0.05, 0) is 30.0 Å². The van der Waals surface area contributed by atoms with Gasteiger partial charge in [-0.15, -0.1) is 0 Å². The number of aliphatic carboxylic acids is 1. The minimum absolute atomic E-state index is 0.0599. The van der Waals surface area contributed by atoms with Crippen LogP contribution >= 0.6 is 15.9 Å². The van der Waals surface area contributed by atoms with Crippen LogP contribution in [0.3, 0.4) is 0 Å². The number of alkyl halides is 3. The number of halogens is 3. The Morgan fingerprint density at radius 3 is 2.72 bits per heavy atom. The van der Waals surface area contributed by atoms with E-state index in [0.717, 1.165) is 6.42 Å². The summed E-state index contributed by atoms with van der Waals surface area (Å²) in [5.41, 5.74) is 1.06. The van der Waals surface area contributed by atoms with Crippen molar-refractivity contribution < 1.29 is 23.4 Å². The topological polar surface area (TPSA) is 46.5 Å². The zero-order valence-corrected chi connectivity index (χ0v) is 11.1. The molecule has 1 aromatic carbocycles. The molecule has 0 bridgehead atoms. The van der Waals surface area contributed by atoms with Crippen molar-refractivity contribution in [3.05, 3.63) is 29.3 Å². The highest BCUT2D eigenvalue weighted by Gasteiger charge is 2.14. The fourth-order valence-corrected chi connectivity index (χ4v) is 1.95. The quantitative estimate of drug-likeness (QED) is 0.784. The summed E-state index contributed by atoms with van der Waals surface area (Å²) >= 11 is 3.25. The second-order valence-electron chi connectivity index (χ2n) is 3.64. The number of carboxylic acid groups (broad SMARTS) is 1. The van der Waals surface area contributed by atoms with Gasteiger partial charge < -0.3 is 9.84 Å². The monoisotopic (exact) mass is 322 g/mol. The highest BCUT2D eigenvalue weighted by Crippen LogP contribution is 2.26. The van der Waals surface area contributed by atoms with E-state index in [1.54, 1.807) is 6.07 Å². The third-order valence-corrected chi connectivity index (χ3v) is 2.91. The van der Waals surface area contributed by atoms with Crippen molar-refractivity contribution in [3.8, 4) is 5.75 Å². The molecule has 0 heterocycles. The van der Waals surface area contributed by atoms with Crippen LogP contribution < -0.4 is 4.74 Å². The Morgan fingerprint density at radius 1 is 1.44 bits per heavy atom. The van der Waals surface area contributed by atoms with E-state index >= 15 is 0 Å². The highest BCUT2D eigenvalue weighted by molar-refractivity contribution is 9.09. The van der Waals surface area contributed by atoms with E-state index in [9.17, 15) is 13.6 Å². The summed E-state index contributed by atoms with van der Waals surface area (Å²) in [5.74, 6) is -0.936. The van der Waals surface area contributed by atoms with Crippen molar-refractivity contribution in [2.24, 2.45) is 0 Å². The summed E-state index contributed by atoms with van der Waals surface area (Å²) in [6, 6.07) is 4.57. The number of hydrogen-bond donors (Lipinski definition) is 1. The Balaban J connectivity index is 3.03. The molecule has 18 heavy (non-hydrogen) atoms. The summed E-state index contributed by atoms with van der Waals surface area (Å²) in [7, 11) is 0. The second-order valence-corrected chi connectivity index (χ2v) is 4.43. The van der Waals surface area contributed by atoms with Crippen LogP contribution in [-0.4, -0.2) is 23.0 Å². The van der Waals surface area contributed by atoms with Crippen molar-refractivity contribution in [2.75, 3.05) is 5.33 Å². The Kier molecular flexibility index (Phi) is 6.04. The Hall–Kier alpha value is -1.17. The third kappa shape index (κ3) is 4.60. The smallest absolute Gasteiger partial charge is 0.387 e. The second kappa shape index (κ2) is 7.31. The largest absolute Gasteiger partial charge is 0.481 e. The average Bonchev–Trinajstić information content (AvgIpc) is 2.26. The zero-order chi connectivity index (χ0) is 13.5. The minimum Gasteiger partial charge on any atom is -0.481 e. The van der Waals surface area contributed by atoms with Crippen LogP contribution in [0.2, 0.25) is 0 Å². The van der Waals surface area contributed by atoms with E-state index in [-0.39, 0.29) is 12.2 Å². The van der Waals surface area contributed by atoms with Gasteiger partial charge in [0.15, 0.2) is 0 Å². The Morgan fingerprint density at radius 2 is 2.17 bits per heavy atom. The van der Waals surface area contributed by atoms with Gasteiger partial charge in [0.05, 0.1) is 6.42 Å². The van der Waals surface area contributed by atoms with Crippen molar-refractivity contribution >= 4 is 21.9 Å². The van der Waals surface area contributed by atoms with Crippen LogP contribution in [0.4, 0.5) is 8.78 Å². The first kappa shape index (κ1) is 14.9. The van der Waals surface area contributed by atoms with Gasteiger partial charge in [0, 0.05) is 5.33 Å². The molecule has 6 heteroatoms. The molecule has 0 radical (unpaired) electrons. The molecule has 1 aromatic rings. The van der Waals surface area contributed by atoms with Gasteiger partial charge in [-0.1, -0.05) is 28.1 Å². The molecule has 0 aliphatic rings. The van der Waals surface area contributed by atoms with Crippen LogP contribution in [0.15, 0.2) is 18.2 Å². The zero-order valence-electron chi connectivity index (χ0n) is 9.54. The summed E-state index contributed by atoms with van der Waals surface area (Å²) in [4.78, 5) is 10.7. The number of rotatable bonds is 7. The molecule has 3 nitrogen and oxygen atoms in total. The van der Waals surface area contributed by atoms with E-state index in [4.69, 9.17) is 5.11 Å². The van der Waals surface area contributed by atoms with Gasteiger partial charge in [0.25, 0.3) is 0 Å². The first-order valence-electron chi connectivity index (χ1n) is 5.38. The van der Waals surface area contributed by atoms with Crippen LogP contribution in [0, 0.1) is 0 Å². The fraction of sp³-hybridized carbons (Fsp3) is 0.417. The summed E-state index contributed by atoms with van der Waals surface area (Å²) in [5, 5.41) is 9.50. The average molecular weight is 323 g/mol. The third-order valence-electron chi connectivity index (χ3n) is 2.35. The first-order chi connectivity index (χ1) is 8.54. The molecule has 0 saturated carbocycles. The molecule has 0 amide bonds. The lowest BCUT2D eigenvalue weighted by Gasteiger charge is -2.14. The SMILES string of the molecule is O=C(O)Cc1cccc(OC(F)F)c1CCCBr. The maximum Gasteiger partial charge on any atom is 0.387 e. The maximum absolute atomic E-state index is 12.3. The summed E-state index contributed by atoms with van der Waals surface area (Å²) in [6.07, 6.45) is 1.02. The number of carbonyl (C=O) groups is 1. The van der Waals surface area contributed by atoms with E-state index in [1.807, 2.05) is 0 Å². The van der Waals surface area contributed by atoms with Crippen LogP contribution in [0.25, 0.3) is 0 Å². The fourth-order valence-electron chi connectivity index (χ4n) is 1.67. The number of hydrogen-bond acceptors (Lipinski definition) is 2. The molecule has 0 spiro atoms. The summed E-state index contributed by atoms with van der Waals surface area (Å²) < 4.78 is 29.0. The molecule has 0 aromatic heterocycles. The van der Waals surface area contributed by atoms with Crippen molar-refractivity contribution in [1.29, 1.82) is 0 Å². The van der Waals surface area contributed by atoms with E-state index < -0.39 is 12.6 Å². The molecular weight excluding hydrogens is 310 g/mol. The normalized spacial score (nSPS) is 10.7. The predicted molar refractivity (Wildman–Crippen MR) is 66.5 cm³/mol. The van der Waals surface area contributed by atoms with E-state index in [0.29, 0.717) is 22.9 Å². The Bertz CT molecular complexity index is 410. The highest BCUT2D eigenvalue weighted by atomic mass is 79.9. The molecule has 0 atom stereocenters. The molecule has 0 unspecified atom stereocenters. The minimum atomic E-state index is -2.91. The lowest BCUT2D eigenvalue weighted by Crippen LogP contribution is -2.09. The molecule has 1 rings (SSSR count).